The summed E-state index contributed by atoms with van der Waals surface area (Å²) in [7, 11) is -3.68. The maximum absolute atomic E-state index is 12.8. The molecule has 0 aromatic heterocycles. The van der Waals surface area contributed by atoms with E-state index in [0.29, 0.717) is 5.75 Å². The van der Waals surface area contributed by atoms with Crippen LogP contribution in [0.1, 0.15) is 12.5 Å². The molecule has 0 saturated heterocycles. The van der Waals surface area contributed by atoms with Crippen molar-refractivity contribution in [1.29, 1.82) is 0 Å². The molecule has 2 aromatic rings. The average Bonchev–Trinajstić information content (AvgIpc) is 2.59. The highest BCUT2D eigenvalue weighted by Gasteiger charge is 2.16. The molecule has 0 radical (unpaired) electrons. The first-order valence-electron chi connectivity index (χ1n) is 7.56. The molecule has 0 bridgehead atoms. The van der Waals surface area contributed by atoms with Crippen molar-refractivity contribution in [3.8, 4) is 5.75 Å². The maximum Gasteiger partial charge on any atom is 0.240 e. The van der Waals surface area contributed by atoms with Crippen molar-refractivity contribution < 1.29 is 22.7 Å². The highest BCUT2D eigenvalue weighted by Crippen LogP contribution is 2.12. The fourth-order valence-electron chi connectivity index (χ4n) is 1.98. The second-order valence-electron chi connectivity index (χ2n) is 5.27. The van der Waals surface area contributed by atoms with Crippen molar-refractivity contribution in [3.63, 3.8) is 0 Å². The molecule has 5 nitrogen and oxygen atoms in total. The van der Waals surface area contributed by atoms with E-state index in [0.717, 1.165) is 12.0 Å². The van der Waals surface area contributed by atoms with Gasteiger partial charge in [-0.3, -0.25) is 0 Å². The smallest absolute Gasteiger partial charge is 0.240 e. The van der Waals surface area contributed by atoms with Gasteiger partial charge in [-0.05, 0) is 48.4 Å². The summed E-state index contributed by atoms with van der Waals surface area (Å²) >= 11 is 0. The number of aliphatic hydroxyl groups excluding tert-OH is 1. The molecule has 2 rings (SSSR count). The molecule has 7 heteroatoms. The molecule has 24 heavy (non-hydrogen) atoms. The molecule has 0 spiro atoms. The predicted octanol–water partition coefficient (Wildman–Crippen LogP) is 2.11. The first-order valence-corrected chi connectivity index (χ1v) is 9.04. The number of nitrogens with one attached hydrogen (secondary N) is 1. The molecular formula is C17H20FNO4S. The van der Waals surface area contributed by atoms with Crippen molar-refractivity contribution in [2.24, 2.45) is 0 Å². The number of aliphatic hydroxyl groups is 1. The van der Waals surface area contributed by atoms with Crippen molar-refractivity contribution in [2.45, 2.75) is 24.3 Å². The normalized spacial score (nSPS) is 12.8. The fraction of sp³-hybridized carbons (Fsp3) is 0.294. The maximum atomic E-state index is 12.8. The van der Waals surface area contributed by atoms with E-state index in [9.17, 15) is 17.9 Å². The molecule has 0 saturated carbocycles. The Morgan fingerprint density at radius 2 is 1.75 bits per heavy atom. The molecule has 2 aromatic carbocycles. The highest BCUT2D eigenvalue weighted by molar-refractivity contribution is 7.89. The third-order valence-electron chi connectivity index (χ3n) is 3.41. The van der Waals surface area contributed by atoms with E-state index in [4.69, 9.17) is 4.74 Å². The van der Waals surface area contributed by atoms with Crippen LogP contribution in [-0.2, 0) is 16.4 Å². The van der Waals surface area contributed by atoms with Crippen molar-refractivity contribution in [3.05, 3.63) is 59.9 Å². The molecule has 2 N–H and O–H groups in total. The molecular weight excluding hydrogens is 333 g/mol. The minimum atomic E-state index is -3.68. The third-order valence-corrected chi connectivity index (χ3v) is 4.85. The summed E-state index contributed by atoms with van der Waals surface area (Å²) in [6.45, 7) is 1.70. The van der Waals surface area contributed by atoms with Crippen molar-refractivity contribution in [1.82, 2.24) is 4.72 Å². The molecule has 0 aliphatic heterocycles. The van der Waals surface area contributed by atoms with Crippen LogP contribution in [0.5, 0.6) is 5.75 Å². The minimum absolute atomic E-state index is 0.108. The van der Waals surface area contributed by atoms with Gasteiger partial charge in [0, 0.05) is 6.54 Å². The lowest BCUT2D eigenvalue weighted by Gasteiger charge is -2.13. The van der Waals surface area contributed by atoms with Gasteiger partial charge < -0.3 is 9.84 Å². The van der Waals surface area contributed by atoms with Gasteiger partial charge in [0.25, 0.3) is 0 Å². The molecule has 0 heterocycles. The Balaban J connectivity index is 1.85. The summed E-state index contributed by atoms with van der Waals surface area (Å²) in [4.78, 5) is 0.145. The Morgan fingerprint density at radius 3 is 2.33 bits per heavy atom. The number of rotatable bonds is 8. The van der Waals surface area contributed by atoms with E-state index >= 15 is 0 Å². The molecule has 0 fully saturated rings. The molecule has 0 aliphatic carbocycles. The lowest BCUT2D eigenvalue weighted by molar-refractivity contribution is 0.111. The highest BCUT2D eigenvalue weighted by atomic mass is 32.2. The van der Waals surface area contributed by atoms with Crippen LogP contribution in [-0.4, -0.2) is 32.8 Å². The zero-order valence-corrected chi connectivity index (χ0v) is 14.1. The Kier molecular flexibility index (Phi) is 6.30. The number of halogens is 1. The van der Waals surface area contributed by atoms with Crippen molar-refractivity contribution >= 4 is 10.0 Å². The minimum Gasteiger partial charge on any atom is -0.491 e. The SMILES string of the molecule is CCc1ccc(S(=O)(=O)NCC(O)COc2ccc(F)cc2)cc1. The summed E-state index contributed by atoms with van der Waals surface area (Å²) in [5, 5.41) is 9.83. The van der Waals surface area contributed by atoms with Crippen LogP contribution in [0.25, 0.3) is 0 Å². The van der Waals surface area contributed by atoms with E-state index in [1.54, 1.807) is 12.1 Å². The molecule has 130 valence electrons. The molecule has 0 aliphatic rings. The molecule has 1 unspecified atom stereocenters. The number of benzene rings is 2. The first kappa shape index (κ1) is 18.4. The number of sulfonamides is 1. The largest absolute Gasteiger partial charge is 0.491 e. The van der Waals surface area contributed by atoms with Crippen LogP contribution in [0.4, 0.5) is 4.39 Å². The monoisotopic (exact) mass is 353 g/mol. The zero-order chi connectivity index (χ0) is 17.6. The standard InChI is InChI=1S/C17H20FNO4S/c1-2-13-3-9-17(10-4-13)24(21,22)19-11-15(20)12-23-16-7-5-14(18)6-8-16/h3-10,15,19-20H,2,11-12H2,1H3. The van der Waals surface area contributed by atoms with Gasteiger partial charge in [-0.2, -0.15) is 0 Å². The van der Waals surface area contributed by atoms with Crippen LogP contribution in [0.3, 0.4) is 0 Å². The summed E-state index contributed by atoms with van der Waals surface area (Å²) in [6, 6.07) is 11.9. The summed E-state index contributed by atoms with van der Waals surface area (Å²) in [5.74, 6) is 0.0122. The first-order chi connectivity index (χ1) is 11.4. The second kappa shape index (κ2) is 8.23. The molecule has 1 atom stereocenters. The lowest BCUT2D eigenvalue weighted by Crippen LogP contribution is -2.35. The van der Waals surface area contributed by atoms with Crippen LogP contribution in [0.2, 0.25) is 0 Å². The zero-order valence-electron chi connectivity index (χ0n) is 13.3. The quantitative estimate of drug-likeness (QED) is 0.762. The van der Waals surface area contributed by atoms with E-state index in [1.807, 2.05) is 6.92 Å². The topological polar surface area (TPSA) is 75.6 Å². The van der Waals surface area contributed by atoms with Gasteiger partial charge in [-0.15, -0.1) is 0 Å². The third kappa shape index (κ3) is 5.30. The predicted molar refractivity (Wildman–Crippen MR) is 88.9 cm³/mol. The van der Waals surface area contributed by atoms with Crippen LogP contribution < -0.4 is 9.46 Å². The van der Waals surface area contributed by atoms with E-state index in [-0.39, 0.29) is 23.9 Å². The van der Waals surface area contributed by atoms with E-state index in [2.05, 4.69) is 4.72 Å². The Bertz CT molecular complexity index is 745. The van der Waals surface area contributed by atoms with Crippen LogP contribution >= 0.6 is 0 Å². The van der Waals surface area contributed by atoms with Gasteiger partial charge in [-0.25, -0.2) is 17.5 Å². The molecule has 0 amide bonds. The number of ether oxygens (including phenoxy) is 1. The second-order valence-corrected chi connectivity index (χ2v) is 7.04. The van der Waals surface area contributed by atoms with E-state index in [1.165, 1.54) is 36.4 Å². The number of hydrogen-bond acceptors (Lipinski definition) is 4. The van der Waals surface area contributed by atoms with Gasteiger partial charge in [0.1, 0.15) is 24.3 Å². The Hall–Kier alpha value is -1.96. The van der Waals surface area contributed by atoms with Crippen LogP contribution in [0.15, 0.2) is 53.4 Å². The lowest BCUT2D eigenvalue weighted by atomic mass is 10.2. The van der Waals surface area contributed by atoms with Crippen LogP contribution in [0, 0.1) is 5.82 Å². The van der Waals surface area contributed by atoms with Gasteiger partial charge in [0.2, 0.25) is 10.0 Å². The van der Waals surface area contributed by atoms with Gasteiger partial charge >= 0.3 is 0 Å². The van der Waals surface area contributed by atoms with Gasteiger partial charge in [0.05, 0.1) is 4.90 Å². The number of hydrogen-bond donors (Lipinski definition) is 2. The van der Waals surface area contributed by atoms with Gasteiger partial charge in [-0.1, -0.05) is 19.1 Å². The summed E-state index contributed by atoms with van der Waals surface area (Å²) < 4.78 is 44.7. The summed E-state index contributed by atoms with van der Waals surface area (Å²) in [5.41, 5.74) is 1.04. The Labute approximate surface area is 141 Å². The average molecular weight is 353 g/mol. The fourth-order valence-corrected chi connectivity index (χ4v) is 3.05. The van der Waals surface area contributed by atoms with Crippen molar-refractivity contribution in [2.75, 3.05) is 13.2 Å². The Morgan fingerprint density at radius 1 is 1.12 bits per heavy atom. The summed E-state index contributed by atoms with van der Waals surface area (Å²) in [6.07, 6.45) is -0.201. The van der Waals surface area contributed by atoms with E-state index < -0.39 is 16.1 Å². The number of aryl methyl sites for hydroxylation is 1. The van der Waals surface area contributed by atoms with Gasteiger partial charge in [0.15, 0.2) is 0 Å².